The molecule has 0 atom stereocenters. The van der Waals surface area contributed by atoms with E-state index in [0.29, 0.717) is 23.3 Å². The molecule has 0 saturated heterocycles. The lowest BCUT2D eigenvalue weighted by atomic mass is 10.2. The Kier molecular flexibility index (Phi) is 4.42. The second-order valence-corrected chi connectivity index (χ2v) is 5.51. The number of rotatable bonds is 5. The van der Waals surface area contributed by atoms with Crippen LogP contribution in [-0.2, 0) is 0 Å². The summed E-state index contributed by atoms with van der Waals surface area (Å²) >= 11 is 0. The van der Waals surface area contributed by atoms with E-state index in [2.05, 4.69) is 34.3 Å². The van der Waals surface area contributed by atoms with Crippen LogP contribution in [0.5, 0.6) is 11.6 Å². The third kappa shape index (κ3) is 3.30. The van der Waals surface area contributed by atoms with E-state index in [1.165, 1.54) is 0 Å². The smallest absolute Gasteiger partial charge is 0.227 e. The largest absolute Gasteiger partial charge is 0.435 e. The summed E-state index contributed by atoms with van der Waals surface area (Å²) < 4.78 is 7.67. The van der Waals surface area contributed by atoms with Gasteiger partial charge in [0, 0.05) is 12.0 Å². The highest BCUT2D eigenvalue weighted by Gasteiger charge is 2.15. The lowest BCUT2D eigenvalue weighted by Crippen LogP contribution is -2.13. The second-order valence-electron chi connectivity index (χ2n) is 5.51. The summed E-state index contributed by atoms with van der Waals surface area (Å²) in [6, 6.07) is 0.279. The van der Waals surface area contributed by atoms with Gasteiger partial charge in [-0.05, 0) is 20.8 Å². The maximum absolute atomic E-state index is 5.84. The molecule has 114 valence electrons. The SMILES string of the molecule is Cc1c(NN)nc(C(C)C)nc1Oc1cnn(C(C)C)c1. The number of hydrogen-bond donors (Lipinski definition) is 2. The van der Waals surface area contributed by atoms with Crippen LogP contribution in [0.2, 0.25) is 0 Å². The molecule has 0 fully saturated rings. The summed E-state index contributed by atoms with van der Waals surface area (Å²) in [6.07, 6.45) is 3.52. The quantitative estimate of drug-likeness (QED) is 0.650. The van der Waals surface area contributed by atoms with Crippen LogP contribution in [-0.4, -0.2) is 19.7 Å². The van der Waals surface area contributed by atoms with Gasteiger partial charge in [0.15, 0.2) is 11.6 Å². The zero-order chi connectivity index (χ0) is 15.6. The van der Waals surface area contributed by atoms with Crippen molar-refractivity contribution in [2.45, 2.75) is 46.6 Å². The van der Waals surface area contributed by atoms with Gasteiger partial charge in [-0.2, -0.15) is 10.1 Å². The normalized spacial score (nSPS) is 11.2. The molecule has 3 N–H and O–H groups in total. The van der Waals surface area contributed by atoms with Crippen molar-refractivity contribution in [3.05, 3.63) is 23.8 Å². The standard InChI is InChI=1S/C14H22N6O/c1-8(2)12-17-13(19-15)10(5)14(18-12)21-11-6-16-20(7-11)9(3)4/h6-9H,15H2,1-5H3,(H,17,18,19). The Labute approximate surface area is 124 Å². The van der Waals surface area contributed by atoms with Crippen LogP contribution in [0.3, 0.4) is 0 Å². The zero-order valence-corrected chi connectivity index (χ0v) is 13.1. The lowest BCUT2D eigenvalue weighted by molar-refractivity contribution is 0.450. The van der Waals surface area contributed by atoms with E-state index in [-0.39, 0.29) is 12.0 Å². The monoisotopic (exact) mass is 290 g/mol. The molecular weight excluding hydrogens is 268 g/mol. The molecule has 0 aliphatic carbocycles. The zero-order valence-electron chi connectivity index (χ0n) is 13.1. The van der Waals surface area contributed by atoms with Crippen molar-refractivity contribution in [3.63, 3.8) is 0 Å². The highest BCUT2D eigenvalue weighted by Crippen LogP contribution is 2.28. The minimum absolute atomic E-state index is 0.179. The predicted octanol–water partition coefficient (Wildman–Crippen LogP) is 2.76. The molecule has 2 aromatic heterocycles. The molecule has 2 rings (SSSR count). The van der Waals surface area contributed by atoms with E-state index in [1.54, 1.807) is 6.20 Å². The molecule has 0 spiro atoms. The van der Waals surface area contributed by atoms with E-state index < -0.39 is 0 Å². The third-order valence-electron chi connectivity index (χ3n) is 3.09. The number of ether oxygens (including phenoxy) is 1. The predicted molar refractivity (Wildman–Crippen MR) is 81.4 cm³/mol. The fraction of sp³-hybridized carbons (Fsp3) is 0.500. The second kappa shape index (κ2) is 6.09. The molecule has 0 saturated carbocycles. The highest BCUT2D eigenvalue weighted by molar-refractivity contribution is 5.48. The molecule has 0 amide bonds. The van der Waals surface area contributed by atoms with Gasteiger partial charge in [-0.15, -0.1) is 0 Å². The minimum Gasteiger partial charge on any atom is -0.435 e. The fourth-order valence-electron chi connectivity index (χ4n) is 1.78. The van der Waals surface area contributed by atoms with Crippen LogP contribution < -0.4 is 16.0 Å². The van der Waals surface area contributed by atoms with Crippen molar-refractivity contribution in [1.29, 1.82) is 0 Å². The van der Waals surface area contributed by atoms with E-state index in [0.717, 1.165) is 5.56 Å². The number of hydrogen-bond acceptors (Lipinski definition) is 6. The number of anilines is 1. The van der Waals surface area contributed by atoms with E-state index in [4.69, 9.17) is 10.6 Å². The number of nitrogens with one attached hydrogen (secondary N) is 1. The number of nitrogens with zero attached hydrogens (tertiary/aromatic N) is 4. The van der Waals surface area contributed by atoms with Gasteiger partial charge in [0.1, 0.15) is 5.82 Å². The topological polar surface area (TPSA) is 90.9 Å². The molecule has 2 aromatic rings. The van der Waals surface area contributed by atoms with Crippen LogP contribution in [0.15, 0.2) is 12.4 Å². The molecule has 0 aliphatic rings. The third-order valence-corrected chi connectivity index (χ3v) is 3.09. The van der Waals surface area contributed by atoms with Gasteiger partial charge in [-0.3, -0.25) is 4.68 Å². The number of aromatic nitrogens is 4. The van der Waals surface area contributed by atoms with Crippen LogP contribution in [0.1, 0.15) is 51.0 Å². The number of hydrazine groups is 1. The van der Waals surface area contributed by atoms with Crippen molar-refractivity contribution in [2.24, 2.45) is 5.84 Å². The first-order chi connectivity index (χ1) is 9.92. The molecule has 0 bridgehead atoms. The fourth-order valence-corrected chi connectivity index (χ4v) is 1.78. The van der Waals surface area contributed by atoms with E-state index in [1.807, 2.05) is 31.6 Å². The number of nitrogens with two attached hydrogens (primary N) is 1. The van der Waals surface area contributed by atoms with Gasteiger partial charge in [0.2, 0.25) is 5.88 Å². The van der Waals surface area contributed by atoms with Crippen molar-refractivity contribution in [3.8, 4) is 11.6 Å². The first kappa shape index (κ1) is 15.2. The van der Waals surface area contributed by atoms with Gasteiger partial charge < -0.3 is 10.2 Å². The maximum Gasteiger partial charge on any atom is 0.227 e. The molecule has 21 heavy (non-hydrogen) atoms. The van der Waals surface area contributed by atoms with Crippen LogP contribution >= 0.6 is 0 Å². The minimum atomic E-state index is 0.179. The molecule has 0 unspecified atom stereocenters. The summed E-state index contributed by atoms with van der Waals surface area (Å²) in [5, 5.41) is 4.25. The van der Waals surface area contributed by atoms with E-state index >= 15 is 0 Å². The first-order valence-corrected chi connectivity index (χ1v) is 6.99. The number of nitrogen functional groups attached to an aromatic ring is 1. The van der Waals surface area contributed by atoms with Gasteiger partial charge >= 0.3 is 0 Å². The van der Waals surface area contributed by atoms with Gasteiger partial charge in [0.05, 0.1) is 18.0 Å². The van der Waals surface area contributed by atoms with E-state index in [9.17, 15) is 0 Å². The molecule has 7 nitrogen and oxygen atoms in total. The van der Waals surface area contributed by atoms with Gasteiger partial charge in [-0.1, -0.05) is 13.8 Å². The Hall–Kier alpha value is -2.15. The lowest BCUT2D eigenvalue weighted by Gasteiger charge is -2.13. The highest BCUT2D eigenvalue weighted by atomic mass is 16.5. The first-order valence-electron chi connectivity index (χ1n) is 6.99. The molecule has 0 aromatic carbocycles. The summed E-state index contributed by atoms with van der Waals surface area (Å²) in [7, 11) is 0. The molecule has 0 radical (unpaired) electrons. The Morgan fingerprint density at radius 1 is 1.24 bits per heavy atom. The van der Waals surface area contributed by atoms with Crippen molar-refractivity contribution < 1.29 is 4.74 Å². The maximum atomic E-state index is 5.84. The Morgan fingerprint density at radius 2 is 1.95 bits per heavy atom. The Bertz CT molecular complexity index is 620. The van der Waals surface area contributed by atoms with Gasteiger partial charge in [0.25, 0.3) is 0 Å². The van der Waals surface area contributed by atoms with Gasteiger partial charge in [-0.25, -0.2) is 10.8 Å². The molecular formula is C14H22N6O. The van der Waals surface area contributed by atoms with Crippen molar-refractivity contribution >= 4 is 5.82 Å². The van der Waals surface area contributed by atoms with Crippen LogP contribution in [0.4, 0.5) is 5.82 Å². The molecule has 0 aliphatic heterocycles. The Balaban J connectivity index is 2.35. The summed E-state index contributed by atoms with van der Waals surface area (Å²) in [4.78, 5) is 8.84. The average molecular weight is 290 g/mol. The van der Waals surface area contributed by atoms with Crippen molar-refractivity contribution in [2.75, 3.05) is 5.43 Å². The molecule has 2 heterocycles. The van der Waals surface area contributed by atoms with Crippen LogP contribution in [0.25, 0.3) is 0 Å². The van der Waals surface area contributed by atoms with Crippen molar-refractivity contribution in [1.82, 2.24) is 19.7 Å². The molecule has 7 heteroatoms. The van der Waals surface area contributed by atoms with Crippen LogP contribution in [0, 0.1) is 6.92 Å². The Morgan fingerprint density at radius 3 is 2.48 bits per heavy atom. The summed E-state index contributed by atoms with van der Waals surface area (Å²) in [5.74, 6) is 8.07. The summed E-state index contributed by atoms with van der Waals surface area (Å²) in [5.41, 5.74) is 3.35. The summed E-state index contributed by atoms with van der Waals surface area (Å²) in [6.45, 7) is 10.0. The average Bonchev–Trinajstić information content (AvgIpc) is 2.89.